The molecular weight excluding hydrogens is 292 g/mol. The molecule has 2 aliphatic rings. The molecule has 2 fully saturated rings. The van der Waals surface area contributed by atoms with Crippen LogP contribution in [0.1, 0.15) is 58.9 Å². The van der Waals surface area contributed by atoms with E-state index in [0.717, 1.165) is 0 Å². The number of hydrogen-bond acceptors (Lipinski definition) is 3. The van der Waals surface area contributed by atoms with Gasteiger partial charge in [0.2, 0.25) is 0 Å². The molecule has 0 bridgehead atoms. The van der Waals surface area contributed by atoms with Crippen LogP contribution in [0, 0.1) is 5.82 Å². The van der Waals surface area contributed by atoms with Crippen molar-refractivity contribution in [3.8, 4) is 0 Å². The smallest absolute Gasteiger partial charge is 0.399 e. The van der Waals surface area contributed by atoms with E-state index in [-0.39, 0.29) is 5.82 Å². The number of rotatable bonds is 4. The van der Waals surface area contributed by atoms with Crippen molar-refractivity contribution in [1.82, 2.24) is 5.32 Å². The molecule has 0 aromatic heterocycles. The minimum absolute atomic E-state index is 0.212. The lowest BCUT2D eigenvalue weighted by Crippen LogP contribution is -2.41. The van der Waals surface area contributed by atoms with Gasteiger partial charge in [-0.15, -0.1) is 0 Å². The molecule has 0 amide bonds. The summed E-state index contributed by atoms with van der Waals surface area (Å²) in [5.74, 6) is -0.212. The third kappa shape index (κ3) is 3.33. The highest BCUT2D eigenvalue weighted by molar-refractivity contribution is 6.62. The summed E-state index contributed by atoms with van der Waals surface area (Å²) in [4.78, 5) is 0. The summed E-state index contributed by atoms with van der Waals surface area (Å²) in [6.45, 7) is 8.49. The van der Waals surface area contributed by atoms with Crippen LogP contribution in [0.3, 0.4) is 0 Å². The Morgan fingerprint density at radius 2 is 1.74 bits per heavy atom. The van der Waals surface area contributed by atoms with Gasteiger partial charge in [0.1, 0.15) is 5.82 Å². The molecule has 1 saturated heterocycles. The zero-order valence-corrected chi connectivity index (χ0v) is 14.6. The quantitative estimate of drug-likeness (QED) is 0.865. The lowest BCUT2D eigenvalue weighted by molar-refractivity contribution is 0.00578. The Hall–Kier alpha value is -0.905. The Kier molecular flexibility index (Phi) is 4.56. The van der Waals surface area contributed by atoms with E-state index in [1.54, 1.807) is 6.07 Å². The number of nitrogens with one attached hydrogen (secondary N) is 1. The van der Waals surface area contributed by atoms with Gasteiger partial charge in [-0.25, -0.2) is 4.39 Å². The Labute approximate surface area is 139 Å². The minimum Gasteiger partial charge on any atom is -0.399 e. The summed E-state index contributed by atoms with van der Waals surface area (Å²) in [5, 5.41) is 3.47. The van der Waals surface area contributed by atoms with Gasteiger partial charge in [0.25, 0.3) is 0 Å². The zero-order valence-electron chi connectivity index (χ0n) is 14.6. The molecule has 23 heavy (non-hydrogen) atoms. The predicted octanol–water partition coefficient (Wildman–Crippen LogP) is 3.16. The van der Waals surface area contributed by atoms with Crippen molar-refractivity contribution < 1.29 is 13.7 Å². The molecule has 3 nitrogen and oxygen atoms in total. The lowest BCUT2D eigenvalue weighted by atomic mass is 9.78. The molecule has 1 aromatic rings. The molecule has 1 aromatic carbocycles. The topological polar surface area (TPSA) is 30.5 Å². The standard InChI is InChI=1S/C18H27BFNO2/c1-17(2)18(3,4)23-19(22-17)15-11-7-8-13(16(15)20)12-21-14-9-5-6-10-14/h7-8,11,14,21H,5-6,9-10,12H2,1-4H3. The first-order valence-electron chi connectivity index (χ1n) is 8.66. The van der Waals surface area contributed by atoms with Crippen molar-refractivity contribution in [2.24, 2.45) is 0 Å². The van der Waals surface area contributed by atoms with E-state index in [9.17, 15) is 4.39 Å². The Morgan fingerprint density at radius 1 is 1.13 bits per heavy atom. The van der Waals surface area contributed by atoms with Crippen LogP contribution in [0.25, 0.3) is 0 Å². The largest absolute Gasteiger partial charge is 0.497 e. The van der Waals surface area contributed by atoms with Crippen molar-refractivity contribution >= 4 is 12.6 Å². The molecule has 5 heteroatoms. The molecule has 1 aliphatic heterocycles. The molecular formula is C18H27BFNO2. The van der Waals surface area contributed by atoms with E-state index in [4.69, 9.17) is 9.31 Å². The van der Waals surface area contributed by atoms with E-state index in [1.165, 1.54) is 25.7 Å². The molecule has 126 valence electrons. The van der Waals surface area contributed by atoms with Crippen LogP contribution in [-0.4, -0.2) is 24.4 Å². The van der Waals surface area contributed by atoms with E-state index < -0.39 is 18.3 Å². The van der Waals surface area contributed by atoms with Crippen LogP contribution in [-0.2, 0) is 15.9 Å². The van der Waals surface area contributed by atoms with Gasteiger partial charge in [-0.1, -0.05) is 31.0 Å². The van der Waals surface area contributed by atoms with Crippen LogP contribution in [0.15, 0.2) is 18.2 Å². The first kappa shape index (κ1) is 16.9. The Bertz CT molecular complexity index is 554. The van der Waals surface area contributed by atoms with Gasteiger partial charge in [-0.3, -0.25) is 0 Å². The van der Waals surface area contributed by atoms with E-state index in [2.05, 4.69) is 5.32 Å². The van der Waals surface area contributed by atoms with E-state index >= 15 is 0 Å². The summed E-state index contributed by atoms with van der Waals surface area (Å²) in [5.41, 5.74) is 0.267. The second kappa shape index (κ2) is 6.19. The molecule has 1 N–H and O–H groups in total. The summed E-state index contributed by atoms with van der Waals surface area (Å²) >= 11 is 0. The van der Waals surface area contributed by atoms with Gasteiger partial charge in [-0.05, 0) is 40.5 Å². The summed E-state index contributed by atoms with van der Waals surface area (Å²) in [7, 11) is -0.647. The average Bonchev–Trinajstić information content (AvgIpc) is 3.04. The van der Waals surface area contributed by atoms with Crippen LogP contribution in [0.2, 0.25) is 0 Å². The Balaban J connectivity index is 1.75. The van der Waals surface area contributed by atoms with Crippen molar-refractivity contribution in [1.29, 1.82) is 0 Å². The van der Waals surface area contributed by atoms with Gasteiger partial charge in [-0.2, -0.15) is 0 Å². The highest BCUT2D eigenvalue weighted by Gasteiger charge is 2.52. The fourth-order valence-corrected chi connectivity index (χ4v) is 3.27. The molecule has 3 rings (SSSR count). The summed E-state index contributed by atoms with van der Waals surface area (Å²) < 4.78 is 26.9. The number of hydrogen-bond donors (Lipinski definition) is 1. The van der Waals surface area contributed by atoms with E-state index in [1.807, 2.05) is 39.8 Å². The molecule has 0 atom stereocenters. The minimum atomic E-state index is -0.647. The number of halogens is 1. The third-order valence-corrected chi connectivity index (χ3v) is 5.55. The number of benzene rings is 1. The first-order chi connectivity index (χ1) is 10.8. The fourth-order valence-electron chi connectivity index (χ4n) is 3.27. The zero-order chi connectivity index (χ0) is 16.7. The van der Waals surface area contributed by atoms with Crippen LogP contribution in [0.4, 0.5) is 4.39 Å². The maximum Gasteiger partial charge on any atom is 0.497 e. The van der Waals surface area contributed by atoms with Crippen molar-refractivity contribution in [2.75, 3.05) is 0 Å². The first-order valence-corrected chi connectivity index (χ1v) is 8.66. The van der Waals surface area contributed by atoms with Crippen molar-refractivity contribution in [3.63, 3.8) is 0 Å². The lowest BCUT2D eigenvalue weighted by Gasteiger charge is -2.32. The van der Waals surface area contributed by atoms with Crippen LogP contribution >= 0.6 is 0 Å². The highest BCUT2D eigenvalue weighted by atomic mass is 19.1. The van der Waals surface area contributed by atoms with Gasteiger partial charge < -0.3 is 14.6 Å². The average molecular weight is 319 g/mol. The maximum absolute atomic E-state index is 14.9. The predicted molar refractivity (Wildman–Crippen MR) is 91.2 cm³/mol. The Morgan fingerprint density at radius 3 is 2.35 bits per heavy atom. The molecule has 0 spiro atoms. The van der Waals surface area contributed by atoms with E-state index in [0.29, 0.717) is 23.6 Å². The van der Waals surface area contributed by atoms with Crippen molar-refractivity contribution in [3.05, 3.63) is 29.6 Å². The second-order valence-corrected chi connectivity index (χ2v) is 7.77. The monoisotopic (exact) mass is 319 g/mol. The van der Waals surface area contributed by atoms with Crippen LogP contribution in [0.5, 0.6) is 0 Å². The molecule has 1 saturated carbocycles. The molecule has 0 radical (unpaired) electrons. The summed E-state index contributed by atoms with van der Waals surface area (Å²) in [6.07, 6.45) is 4.93. The fraction of sp³-hybridized carbons (Fsp3) is 0.667. The highest BCUT2D eigenvalue weighted by Crippen LogP contribution is 2.36. The van der Waals surface area contributed by atoms with Gasteiger partial charge >= 0.3 is 7.12 Å². The van der Waals surface area contributed by atoms with Crippen LogP contribution < -0.4 is 10.8 Å². The third-order valence-electron chi connectivity index (χ3n) is 5.55. The van der Waals surface area contributed by atoms with Gasteiger partial charge in [0.15, 0.2) is 0 Å². The maximum atomic E-state index is 14.9. The molecule has 1 heterocycles. The molecule has 1 aliphatic carbocycles. The van der Waals surface area contributed by atoms with Crippen molar-refractivity contribution in [2.45, 2.75) is 77.2 Å². The second-order valence-electron chi connectivity index (χ2n) is 7.77. The SMILES string of the molecule is CC1(C)OB(c2cccc(CNC3CCCC3)c2F)OC1(C)C. The molecule has 0 unspecified atom stereocenters. The van der Waals surface area contributed by atoms with Gasteiger partial charge in [0.05, 0.1) is 11.2 Å². The summed E-state index contributed by atoms with van der Waals surface area (Å²) in [6, 6.07) is 6.01. The normalized spacial score (nSPS) is 23.6. The van der Waals surface area contributed by atoms with Gasteiger partial charge in [0, 0.05) is 23.6 Å².